The quantitative estimate of drug-likeness (QED) is 0.793. The van der Waals surface area contributed by atoms with Gasteiger partial charge in [-0.2, -0.15) is 13.2 Å². The number of hydrogen-bond acceptors (Lipinski definition) is 4. The molecule has 0 saturated carbocycles. The number of methoxy groups -OCH3 is 1. The van der Waals surface area contributed by atoms with Crippen LogP contribution < -0.4 is 10.6 Å². The number of anilines is 2. The number of para-hydroxylation sites is 1. The number of carbonyl (C=O) groups is 1. The maximum absolute atomic E-state index is 13.0. The van der Waals surface area contributed by atoms with Gasteiger partial charge in [-0.15, -0.1) is 0 Å². The Bertz CT molecular complexity index is 705. The SMILES string of the molecule is COCCNC(=O)c1cncc(Nc2ccccc2C(F)(F)F)c1. The molecule has 0 aliphatic heterocycles. The van der Waals surface area contributed by atoms with E-state index in [0.29, 0.717) is 13.2 Å². The van der Waals surface area contributed by atoms with Gasteiger partial charge in [0, 0.05) is 19.9 Å². The minimum atomic E-state index is -4.48. The topological polar surface area (TPSA) is 63.2 Å². The molecule has 0 spiro atoms. The predicted octanol–water partition coefficient (Wildman–Crippen LogP) is 3.22. The van der Waals surface area contributed by atoms with E-state index in [0.717, 1.165) is 6.07 Å². The number of aromatic nitrogens is 1. The van der Waals surface area contributed by atoms with Crippen molar-refractivity contribution in [1.82, 2.24) is 10.3 Å². The van der Waals surface area contributed by atoms with E-state index >= 15 is 0 Å². The van der Waals surface area contributed by atoms with Crippen molar-refractivity contribution in [2.24, 2.45) is 0 Å². The number of carbonyl (C=O) groups excluding carboxylic acids is 1. The Morgan fingerprint density at radius 3 is 2.71 bits per heavy atom. The zero-order valence-corrected chi connectivity index (χ0v) is 12.9. The summed E-state index contributed by atoms with van der Waals surface area (Å²) >= 11 is 0. The molecule has 0 aliphatic rings. The number of ether oxygens (including phenoxy) is 1. The highest BCUT2D eigenvalue weighted by Crippen LogP contribution is 2.35. The number of rotatable bonds is 6. The molecule has 0 aliphatic carbocycles. The second-order valence-corrected chi connectivity index (χ2v) is 4.88. The number of pyridine rings is 1. The van der Waals surface area contributed by atoms with Crippen molar-refractivity contribution in [1.29, 1.82) is 0 Å². The summed E-state index contributed by atoms with van der Waals surface area (Å²) in [6.45, 7) is 0.681. The van der Waals surface area contributed by atoms with Gasteiger partial charge in [0.05, 0.1) is 35.3 Å². The molecule has 1 heterocycles. The predicted molar refractivity (Wildman–Crippen MR) is 83.2 cm³/mol. The lowest BCUT2D eigenvalue weighted by molar-refractivity contribution is -0.136. The van der Waals surface area contributed by atoms with Crippen LogP contribution in [0.4, 0.5) is 24.5 Å². The molecule has 0 unspecified atom stereocenters. The maximum Gasteiger partial charge on any atom is 0.418 e. The molecule has 8 heteroatoms. The van der Waals surface area contributed by atoms with Crippen LogP contribution in [0.5, 0.6) is 0 Å². The van der Waals surface area contributed by atoms with Gasteiger partial charge in [-0.1, -0.05) is 12.1 Å². The van der Waals surface area contributed by atoms with Crippen LogP contribution in [0.3, 0.4) is 0 Å². The maximum atomic E-state index is 13.0. The largest absolute Gasteiger partial charge is 0.418 e. The van der Waals surface area contributed by atoms with E-state index in [1.807, 2.05) is 0 Å². The third-order valence-corrected chi connectivity index (χ3v) is 3.10. The molecular formula is C16H16F3N3O2. The fourth-order valence-corrected chi connectivity index (χ4v) is 2.00. The van der Waals surface area contributed by atoms with Crippen LogP contribution >= 0.6 is 0 Å². The van der Waals surface area contributed by atoms with Crippen molar-refractivity contribution in [2.45, 2.75) is 6.18 Å². The Morgan fingerprint density at radius 1 is 1.25 bits per heavy atom. The van der Waals surface area contributed by atoms with Gasteiger partial charge in [-0.05, 0) is 18.2 Å². The molecule has 2 N–H and O–H groups in total. The van der Waals surface area contributed by atoms with E-state index in [1.165, 1.54) is 43.8 Å². The van der Waals surface area contributed by atoms with Gasteiger partial charge in [-0.3, -0.25) is 9.78 Å². The van der Waals surface area contributed by atoms with Crippen molar-refractivity contribution in [3.8, 4) is 0 Å². The van der Waals surface area contributed by atoms with Crippen molar-refractivity contribution >= 4 is 17.3 Å². The highest BCUT2D eigenvalue weighted by molar-refractivity contribution is 5.94. The molecule has 0 atom stereocenters. The van der Waals surface area contributed by atoms with E-state index in [-0.39, 0.29) is 22.8 Å². The van der Waals surface area contributed by atoms with Crippen LogP contribution in [0.1, 0.15) is 15.9 Å². The lowest BCUT2D eigenvalue weighted by atomic mass is 10.1. The first-order chi connectivity index (χ1) is 11.4. The first-order valence-electron chi connectivity index (χ1n) is 7.07. The summed E-state index contributed by atoms with van der Waals surface area (Å²) in [5, 5.41) is 5.27. The van der Waals surface area contributed by atoms with Gasteiger partial charge in [0.15, 0.2) is 0 Å². The Labute approximate surface area is 136 Å². The van der Waals surface area contributed by atoms with Crippen LogP contribution in [0.2, 0.25) is 0 Å². The minimum absolute atomic E-state index is 0.108. The van der Waals surface area contributed by atoms with Crippen molar-refractivity contribution in [2.75, 3.05) is 25.6 Å². The summed E-state index contributed by atoms with van der Waals surface area (Å²) in [6.07, 6.45) is -1.80. The number of hydrogen-bond donors (Lipinski definition) is 2. The monoisotopic (exact) mass is 339 g/mol. The van der Waals surface area contributed by atoms with E-state index < -0.39 is 11.7 Å². The highest BCUT2D eigenvalue weighted by Gasteiger charge is 2.33. The molecule has 0 bridgehead atoms. The minimum Gasteiger partial charge on any atom is -0.383 e. The highest BCUT2D eigenvalue weighted by atomic mass is 19.4. The molecular weight excluding hydrogens is 323 g/mol. The van der Waals surface area contributed by atoms with Gasteiger partial charge < -0.3 is 15.4 Å². The van der Waals surface area contributed by atoms with E-state index in [1.54, 1.807) is 0 Å². The van der Waals surface area contributed by atoms with Gasteiger partial charge in [0.1, 0.15) is 0 Å². The van der Waals surface area contributed by atoms with Crippen molar-refractivity contribution in [3.05, 3.63) is 53.9 Å². The summed E-state index contributed by atoms with van der Waals surface area (Å²) in [5.74, 6) is -0.382. The summed E-state index contributed by atoms with van der Waals surface area (Å²) in [4.78, 5) is 15.8. The zero-order valence-electron chi connectivity index (χ0n) is 12.9. The molecule has 2 aromatic rings. The first kappa shape index (κ1) is 17.7. The fraction of sp³-hybridized carbons (Fsp3) is 0.250. The van der Waals surface area contributed by atoms with Crippen molar-refractivity contribution in [3.63, 3.8) is 0 Å². The van der Waals surface area contributed by atoms with Gasteiger partial charge in [0.25, 0.3) is 5.91 Å². The first-order valence-corrected chi connectivity index (χ1v) is 7.07. The lowest BCUT2D eigenvalue weighted by Crippen LogP contribution is -2.27. The third-order valence-electron chi connectivity index (χ3n) is 3.10. The van der Waals surface area contributed by atoms with Crippen LogP contribution in [0, 0.1) is 0 Å². The van der Waals surface area contributed by atoms with Crippen LogP contribution in [0.15, 0.2) is 42.7 Å². The second kappa shape index (κ2) is 7.78. The standard InChI is InChI=1S/C16H16F3N3O2/c1-24-7-6-21-15(23)11-8-12(10-20-9-11)22-14-5-3-2-4-13(14)16(17,18)19/h2-5,8-10,22H,6-7H2,1H3,(H,21,23). The summed E-state index contributed by atoms with van der Waals surface area (Å²) in [7, 11) is 1.51. The molecule has 2 rings (SSSR count). The van der Waals surface area contributed by atoms with Crippen LogP contribution in [-0.2, 0) is 10.9 Å². The smallest absolute Gasteiger partial charge is 0.383 e. The normalized spacial score (nSPS) is 11.2. The Kier molecular flexibility index (Phi) is 5.75. The number of benzene rings is 1. The molecule has 0 fully saturated rings. The average molecular weight is 339 g/mol. The number of alkyl halides is 3. The Hall–Kier alpha value is -2.61. The molecule has 128 valence electrons. The number of amides is 1. The van der Waals surface area contributed by atoms with Crippen molar-refractivity contribution < 1.29 is 22.7 Å². The summed E-state index contributed by atoms with van der Waals surface area (Å²) < 4.78 is 43.8. The summed E-state index contributed by atoms with van der Waals surface area (Å²) in [5.41, 5.74) is -0.379. The zero-order chi connectivity index (χ0) is 17.6. The molecule has 1 amide bonds. The molecule has 1 aromatic heterocycles. The van der Waals surface area contributed by atoms with E-state index in [4.69, 9.17) is 4.74 Å². The molecule has 0 saturated heterocycles. The van der Waals surface area contributed by atoms with E-state index in [2.05, 4.69) is 15.6 Å². The second-order valence-electron chi connectivity index (χ2n) is 4.88. The Balaban J connectivity index is 2.17. The Morgan fingerprint density at radius 2 is 2.00 bits per heavy atom. The van der Waals surface area contributed by atoms with Crippen LogP contribution in [0.25, 0.3) is 0 Å². The van der Waals surface area contributed by atoms with Gasteiger partial charge in [-0.25, -0.2) is 0 Å². The number of nitrogens with one attached hydrogen (secondary N) is 2. The molecule has 24 heavy (non-hydrogen) atoms. The lowest BCUT2D eigenvalue weighted by Gasteiger charge is -2.14. The third kappa shape index (κ3) is 4.69. The van der Waals surface area contributed by atoms with E-state index in [9.17, 15) is 18.0 Å². The molecule has 1 aromatic carbocycles. The summed E-state index contributed by atoms with van der Waals surface area (Å²) in [6, 6.07) is 6.53. The molecule has 5 nitrogen and oxygen atoms in total. The fourth-order valence-electron chi connectivity index (χ4n) is 2.00. The average Bonchev–Trinajstić information content (AvgIpc) is 2.55. The van der Waals surface area contributed by atoms with Gasteiger partial charge >= 0.3 is 6.18 Å². The van der Waals surface area contributed by atoms with Crippen LogP contribution in [-0.4, -0.2) is 31.2 Å². The number of halogens is 3. The molecule has 0 radical (unpaired) electrons. The van der Waals surface area contributed by atoms with Gasteiger partial charge in [0.2, 0.25) is 0 Å². The number of nitrogens with zero attached hydrogens (tertiary/aromatic N) is 1.